The minimum Gasteiger partial charge on any atom is -0.380 e. The van der Waals surface area contributed by atoms with Crippen molar-refractivity contribution in [2.24, 2.45) is 17.3 Å². The molecule has 0 bridgehead atoms. The predicted molar refractivity (Wildman–Crippen MR) is 72.9 cm³/mol. The molecule has 2 aliphatic carbocycles. The van der Waals surface area contributed by atoms with Crippen LogP contribution in [0.25, 0.3) is 0 Å². The van der Waals surface area contributed by atoms with Gasteiger partial charge in [0.15, 0.2) is 0 Å². The molecule has 0 heterocycles. The fourth-order valence-electron chi connectivity index (χ4n) is 3.67. The second-order valence-corrected chi connectivity index (χ2v) is 6.44. The Balaban J connectivity index is 2.07. The summed E-state index contributed by atoms with van der Waals surface area (Å²) in [6.07, 6.45) is 8.58. The molecule has 2 aliphatic rings. The first-order valence-corrected chi connectivity index (χ1v) is 6.89. The number of hydrogen-bond acceptors (Lipinski definition) is 1. The van der Waals surface area contributed by atoms with E-state index in [0.29, 0.717) is 5.41 Å². The van der Waals surface area contributed by atoms with E-state index in [1.165, 1.54) is 36.8 Å². The zero-order chi connectivity index (χ0) is 12.5. The summed E-state index contributed by atoms with van der Waals surface area (Å²) in [5.74, 6) is 1.63. The van der Waals surface area contributed by atoms with Crippen molar-refractivity contribution in [3.05, 3.63) is 23.8 Å². The van der Waals surface area contributed by atoms with Gasteiger partial charge >= 0.3 is 0 Å². The van der Waals surface area contributed by atoms with Gasteiger partial charge < -0.3 is 4.74 Å². The summed E-state index contributed by atoms with van der Waals surface area (Å²) in [5, 5.41) is 0. The summed E-state index contributed by atoms with van der Waals surface area (Å²) >= 11 is 0. The third-order valence-electron chi connectivity index (χ3n) is 4.76. The molecule has 2 unspecified atom stereocenters. The maximum atomic E-state index is 5.29. The first-order chi connectivity index (χ1) is 8.04. The van der Waals surface area contributed by atoms with Crippen molar-refractivity contribution in [1.29, 1.82) is 0 Å². The van der Waals surface area contributed by atoms with Gasteiger partial charge in [0.2, 0.25) is 0 Å². The average Bonchev–Trinajstić information content (AvgIpc) is 2.30. The number of ether oxygens (including phenoxy) is 1. The molecule has 0 saturated heterocycles. The minimum atomic E-state index is 0.524. The minimum absolute atomic E-state index is 0.524. The molecule has 0 radical (unpaired) electrons. The third-order valence-corrected chi connectivity index (χ3v) is 4.76. The van der Waals surface area contributed by atoms with Crippen molar-refractivity contribution in [2.45, 2.75) is 46.0 Å². The van der Waals surface area contributed by atoms with E-state index in [0.717, 1.165) is 24.9 Å². The maximum Gasteiger partial charge on any atom is 0.0672 e. The quantitative estimate of drug-likeness (QED) is 0.645. The van der Waals surface area contributed by atoms with E-state index in [-0.39, 0.29) is 0 Å². The molecule has 0 spiro atoms. The van der Waals surface area contributed by atoms with E-state index in [4.69, 9.17) is 4.74 Å². The number of fused-ring (bicyclic) bond motifs is 1. The molecule has 0 amide bonds. The average molecular weight is 234 g/mol. The van der Waals surface area contributed by atoms with Gasteiger partial charge in [-0.3, -0.25) is 0 Å². The molecule has 2 atom stereocenters. The number of methoxy groups -OCH3 is 1. The number of hydrogen-bond donors (Lipinski definition) is 0. The molecule has 17 heavy (non-hydrogen) atoms. The van der Waals surface area contributed by atoms with Gasteiger partial charge in [-0.15, -0.1) is 0 Å². The molecular formula is C16H26O. The molecule has 0 aromatic rings. The van der Waals surface area contributed by atoms with E-state index in [2.05, 4.69) is 26.5 Å². The highest BCUT2D eigenvalue weighted by molar-refractivity contribution is 5.17. The molecular weight excluding hydrogens is 208 g/mol. The Morgan fingerprint density at radius 3 is 2.82 bits per heavy atom. The van der Waals surface area contributed by atoms with E-state index in [9.17, 15) is 0 Å². The van der Waals surface area contributed by atoms with Crippen LogP contribution in [0.15, 0.2) is 23.8 Å². The van der Waals surface area contributed by atoms with Crippen LogP contribution in [0.3, 0.4) is 0 Å². The Morgan fingerprint density at radius 2 is 2.18 bits per heavy atom. The van der Waals surface area contributed by atoms with Gasteiger partial charge in [0, 0.05) is 7.11 Å². The lowest BCUT2D eigenvalue weighted by Gasteiger charge is -2.53. The van der Waals surface area contributed by atoms with Crippen LogP contribution in [0.2, 0.25) is 0 Å². The van der Waals surface area contributed by atoms with Gasteiger partial charge in [0.1, 0.15) is 0 Å². The van der Waals surface area contributed by atoms with Crippen LogP contribution < -0.4 is 0 Å². The summed E-state index contributed by atoms with van der Waals surface area (Å²) in [6.45, 7) is 9.96. The van der Waals surface area contributed by atoms with Crippen molar-refractivity contribution in [1.82, 2.24) is 0 Å². The lowest BCUT2D eigenvalue weighted by molar-refractivity contribution is 0.00337. The van der Waals surface area contributed by atoms with E-state index in [1.54, 1.807) is 7.11 Å². The fraction of sp³-hybridized carbons (Fsp3) is 0.750. The molecule has 1 fully saturated rings. The molecule has 1 heteroatoms. The highest BCUT2D eigenvalue weighted by atomic mass is 16.5. The standard InChI is InChI=1S/C16H26O/c1-12-6-5-7-13(11-17-4)8-9-15-14(12)10-16(15,2)3/h7,14-15H,1,5-6,8-11H2,2-4H3. The molecule has 0 aromatic carbocycles. The highest BCUT2D eigenvalue weighted by Crippen LogP contribution is 2.56. The Labute approximate surface area is 106 Å². The van der Waals surface area contributed by atoms with Crippen LogP contribution in [0, 0.1) is 17.3 Å². The van der Waals surface area contributed by atoms with Crippen LogP contribution in [0.4, 0.5) is 0 Å². The second kappa shape index (κ2) is 4.97. The first-order valence-electron chi connectivity index (χ1n) is 6.89. The Hall–Kier alpha value is -0.560. The zero-order valence-corrected chi connectivity index (χ0v) is 11.6. The lowest BCUT2D eigenvalue weighted by atomic mass is 9.52. The predicted octanol–water partition coefficient (Wildman–Crippen LogP) is 4.35. The van der Waals surface area contributed by atoms with Gasteiger partial charge in [-0.1, -0.05) is 32.1 Å². The van der Waals surface area contributed by atoms with E-state index in [1.807, 2.05) is 0 Å². The van der Waals surface area contributed by atoms with Gasteiger partial charge in [0.25, 0.3) is 0 Å². The number of allylic oxidation sites excluding steroid dienone is 2. The van der Waals surface area contributed by atoms with Crippen LogP contribution in [0.5, 0.6) is 0 Å². The fourth-order valence-corrected chi connectivity index (χ4v) is 3.67. The Bertz CT molecular complexity index is 324. The topological polar surface area (TPSA) is 9.23 Å². The number of rotatable bonds is 2. The summed E-state index contributed by atoms with van der Waals surface area (Å²) in [7, 11) is 1.79. The van der Waals surface area contributed by atoms with E-state index >= 15 is 0 Å². The summed E-state index contributed by atoms with van der Waals surface area (Å²) in [4.78, 5) is 0. The SMILES string of the molecule is C=C1CCC=C(COC)CCC2C1CC2(C)C. The van der Waals surface area contributed by atoms with Crippen molar-refractivity contribution in [3.8, 4) is 0 Å². The Morgan fingerprint density at radius 1 is 1.41 bits per heavy atom. The molecule has 0 aromatic heterocycles. The summed E-state index contributed by atoms with van der Waals surface area (Å²) in [5.41, 5.74) is 3.50. The third kappa shape index (κ3) is 2.65. The molecule has 96 valence electrons. The van der Waals surface area contributed by atoms with Crippen LogP contribution >= 0.6 is 0 Å². The first kappa shape index (κ1) is 12.9. The smallest absolute Gasteiger partial charge is 0.0672 e. The maximum absolute atomic E-state index is 5.29. The Kier molecular flexibility index (Phi) is 3.77. The van der Waals surface area contributed by atoms with Gasteiger partial charge in [-0.05, 0) is 54.9 Å². The molecule has 1 nitrogen and oxygen atoms in total. The van der Waals surface area contributed by atoms with Crippen LogP contribution in [-0.2, 0) is 4.74 Å². The van der Waals surface area contributed by atoms with Gasteiger partial charge in [-0.2, -0.15) is 0 Å². The largest absolute Gasteiger partial charge is 0.380 e. The van der Waals surface area contributed by atoms with Crippen molar-refractivity contribution in [2.75, 3.05) is 13.7 Å². The van der Waals surface area contributed by atoms with Crippen molar-refractivity contribution in [3.63, 3.8) is 0 Å². The van der Waals surface area contributed by atoms with Crippen LogP contribution in [0.1, 0.15) is 46.0 Å². The van der Waals surface area contributed by atoms with Crippen LogP contribution in [-0.4, -0.2) is 13.7 Å². The van der Waals surface area contributed by atoms with Crippen molar-refractivity contribution < 1.29 is 4.74 Å². The van der Waals surface area contributed by atoms with E-state index < -0.39 is 0 Å². The van der Waals surface area contributed by atoms with Gasteiger partial charge in [-0.25, -0.2) is 0 Å². The second-order valence-electron chi connectivity index (χ2n) is 6.44. The monoisotopic (exact) mass is 234 g/mol. The summed E-state index contributed by atoms with van der Waals surface area (Å²) < 4.78 is 5.29. The van der Waals surface area contributed by atoms with Gasteiger partial charge in [0.05, 0.1) is 6.61 Å². The zero-order valence-electron chi connectivity index (χ0n) is 11.6. The normalized spacial score (nSPS) is 32.6. The lowest BCUT2D eigenvalue weighted by Crippen LogP contribution is -2.44. The molecule has 0 aliphatic heterocycles. The molecule has 2 rings (SSSR count). The van der Waals surface area contributed by atoms with Crippen molar-refractivity contribution >= 4 is 0 Å². The highest BCUT2D eigenvalue weighted by Gasteiger charge is 2.47. The molecule has 0 N–H and O–H groups in total. The molecule has 1 saturated carbocycles. The summed E-state index contributed by atoms with van der Waals surface area (Å²) in [6, 6.07) is 0.